The van der Waals surface area contributed by atoms with E-state index in [-0.39, 0.29) is 0 Å². The van der Waals surface area contributed by atoms with E-state index >= 15 is 0 Å². The fourth-order valence-corrected chi connectivity index (χ4v) is 3.30. The van der Waals surface area contributed by atoms with Crippen LogP contribution >= 0.6 is 0 Å². The molecule has 0 heterocycles. The summed E-state index contributed by atoms with van der Waals surface area (Å²) in [6, 6.07) is 10.2. The maximum absolute atomic E-state index is 5.96. The Morgan fingerprint density at radius 3 is 2.28 bits per heavy atom. The molecule has 100 valence electrons. The summed E-state index contributed by atoms with van der Waals surface area (Å²) in [6.07, 6.45) is 4.08. The summed E-state index contributed by atoms with van der Waals surface area (Å²) in [5.74, 6) is -0.508. The van der Waals surface area contributed by atoms with Gasteiger partial charge in [-0.25, -0.2) is 0 Å². The summed E-state index contributed by atoms with van der Waals surface area (Å²) in [5.41, 5.74) is 1.19. The van der Waals surface area contributed by atoms with Gasteiger partial charge in [-0.3, -0.25) is 0 Å². The van der Waals surface area contributed by atoms with Crippen molar-refractivity contribution in [2.75, 3.05) is 6.61 Å². The lowest BCUT2D eigenvalue weighted by Gasteiger charge is -2.32. The van der Waals surface area contributed by atoms with Crippen LogP contribution in [0.15, 0.2) is 36.4 Å². The van der Waals surface area contributed by atoms with Crippen LogP contribution in [0.4, 0.5) is 0 Å². The molecule has 2 nitrogen and oxygen atoms in total. The highest BCUT2D eigenvalue weighted by atomic mass is 28.4. The summed E-state index contributed by atoms with van der Waals surface area (Å²) in [6.45, 7) is 11.0. The normalized spacial score (nSPS) is 13.2. The Kier molecular flexibility index (Phi) is 5.32. The lowest BCUT2D eigenvalue weighted by atomic mass is 10.2. The minimum atomic E-state index is -1.57. The Bertz CT molecular complexity index is 377. The van der Waals surface area contributed by atoms with Crippen LogP contribution in [0.5, 0.6) is 0 Å². The smallest absolute Gasteiger partial charge is 0.187 e. The van der Waals surface area contributed by atoms with Gasteiger partial charge in [0.25, 0.3) is 0 Å². The van der Waals surface area contributed by atoms with Crippen LogP contribution in [0.25, 0.3) is 6.08 Å². The first-order chi connectivity index (χ1) is 8.29. The third-order valence-corrected chi connectivity index (χ3v) is 3.29. The second-order valence-electron chi connectivity index (χ2n) is 5.74. The molecule has 18 heavy (non-hydrogen) atoms. The van der Waals surface area contributed by atoms with Gasteiger partial charge in [-0.1, -0.05) is 42.5 Å². The van der Waals surface area contributed by atoms with Crippen LogP contribution in [0.3, 0.4) is 0 Å². The van der Waals surface area contributed by atoms with Crippen molar-refractivity contribution < 1.29 is 9.16 Å². The number of hydrogen-bond acceptors (Lipinski definition) is 2. The van der Waals surface area contributed by atoms with Crippen LogP contribution in [0.2, 0.25) is 19.6 Å². The summed E-state index contributed by atoms with van der Waals surface area (Å²) >= 11 is 0. The molecule has 1 rings (SSSR count). The zero-order valence-electron chi connectivity index (χ0n) is 12.1. The maximum atomic E-state index is 5.96. The Hall–Kier alpha value is -0.903. The zero-order valence-corrected chi connectivity index (χ0v) is 13.1. The van der Waals surface area contributed by atoms with Gasteiger partial charge in [0.2, 0.25) is 0 Å². The number of benzene rings is 1. The largest absolute Gasteiger partial charge is 0.391 e. The van der Waals surface area contributed by atoms with E-state index in [2.05, 4.69) is 37.8 Å². The molecule has 0 radical (unpaired) electrons. The molecule has 3 heteroatoms. The van der Waals surface area contributed by atoms with Crippen molar-refractivity contribution in [2.45, 2.75) is 39.3 Å². The predicted octanol–water partition coefficient (Wildman–Crippen LogP) is 4.30. The van der Waals surface area contributed by atoms with E-state index in [1.54, 1.807) is 0 Å². The molecule has 0 bridgehead atoms. The van der Waals surface area contributed by atoms with Gasteiger partial charge in [-0.15, -0.1) is 0 Å². The highest BCUT2D eigenvalue weighted by Gasteiger charge is 2.27. The second kappa shape index (κ2) is 6.32. The molecule has 0 atom stereocenters. The topological polar surface area (TPSA) is 18.5 Å². The van der Waals surface area contributed by atoms with Gasteiger partial charge in [0.1, 0.15) is 0 Å². The number of ether oxygens (including phenoxy) is 1. The van der Waals surface area contributed by atoms with Crippen molar-refractivity contribution in [3.63, 3.8) is 0 Å². The Labute approximate surface area is 112 Å². The molecule has 0 aliphatic rings. The van der Waals surface area contributed by atoms with E-state index in [9.17, 15) is 0 Å². The maximum Gasteiger partial charge on any atom is 0.187 e. The van der Waals surface area contributed by atoms with Gasteiger partial charge in [-0.05, 0) is 39.1 Å². The third-order valence-electron chi connectivity index (χ3n) is 2.19. The van der Waals surface area contributed by atoms with E-state index in [1.807, 2.05) is 38.1 Å². The van der Waals surface area contributed by atoms with Gasteiger partial charge >= 0.3 is 0 Å². The lowest BCUT2D eigenvalue weighted by molar-refractivity contribution is -0.153. The predicted molar refractivity (Wildman–Crippen MR) is 79.9 cm³/mol. The van der Waals surface area contributed by atoms with Crippen LogP contribution in [-0.4, -0.2) is 20.7 Å². The molecule has 0 aromatic heterocycles. The average molecular weight is 264 g/mol. The minimum Gasteiger partial charge on any atom is -0.391 e. The molecule has 0 spiro atoms. The zero-order chi connectivity index (χ0) is 13.6. The van der Waals surface area contributed by atoms with E-state index in [0.29, 0.717) is 6.61 Å². The molecular weight excluding hydrogens is 240 g/mol. The Morgan fingerprint density at radius 1 is 1.11 bits per heavy atom. The molecule has 1 aromatic carbocycles. The van der Waals surface area contributed by atoms with Gasteiger partial charge in [0.15, 0.2) is 14.1 Å². The molecule has 0 aliphatic carbocycles. The van der Waals surface area contributed by atoms with Crippen molar-refractivity contribution in [1.82, 2.24) is 0 Å². The number of rotatable bonds is 6. The average Bonchev–Trinajstić information content (AvgIpc) is 2.23. The molecule has 0 fully saturated rings. The minimum absolute atomic E-state index is 0.508. The first kappa shape index (κ1) is 15.2. The van der Waals surface area contributed by atoms with Gasteiger partial charge in [-0.2, -0.15) is 0 Å². The van der Waals surface area contributed by atoms with Crippen molar-refractivity contribution >= 4 is 14.4 Å². The van der Waals surface area contributed by atoms with E-state index < -0.39 is 14.1 Å². The van der Waals surface area contributed by atoms with Gasteiger partial charge in [0.05, 0.1) is 6.61 Å². The van der Waals surface area contributed by atoms with E-state index in [1.165, 1.54) is 5.56 Å². The molecule has 0 saturated carbocycles. The number of hydrogen-bond donors (Lipinski definition) is 0. The molecule has 0 aliphatic heterocycles. The van der Waals surface area contributed by atoms with Crippen molar-refractivity contribution in [3.8, 4) is 0 Å². The summed E-state index contributed by atoms with van der Waals surface area (Å²) in [7, 11) is -1.57. The summed E-state index contributed by atoms with van der Waals surface area (Å²) < 4.78 is 11.7. The summed E-state index contributed by atoms with van der Waals surface area (Å²) in [5, 5.41) is 0. The molecule has 0 saturated heterocycles. The lowest BCUT2D eigenvalue weighted by Crippen LogP contribution is -2.40. The third kappa shape index (κ3) is 6.74. The van der Waals surface area contributed by atoms with Gasteiger partial charge < -0.3 is 9.16 Å². The highest BCUT2D eigenvalue weighted by Crippen LogP contribution is 2.18. The first-order valence-electron chi connectivity index (χ1n) is 6.34. The van der Waals surface area contributed by atoms with Crippen molar-refractivity contribution in [1.29, 1.82) is 0 Å². The van der Waals surface area contributed by atoms with Crippen molar-refractivity contribution in [2.24, 2.45) is 0 Å². The van der Waals surface area contributed by atoms with Gasteiger partial charge in [0, 0.05) is 0 Å². The standard InChI is InChI=1S/C15H24O2Si/c1-15(2,17-18(3,4)5)16-13-9-12-14-10-7-6-8-11-14/h6-12H,13H2,1-5H3. The van der Waals surface area contributed by atoms with Crippen LogP contribution < -0.4 is 0 Å². The second-order valence-corrected chi connectivity index (χ2v) is 10.2. The molecular formula is C15H24O2Si. The van der Waals surface area contributed by atoms with Crippen LogP contribution in [-0.2, 0) is 9.16 Å². The molecule has 0 unspecified atom stereocenters. The van der Waals surface area contributed by atoms with Crippen LogP contribution in [0.1, 0.15) is 19.4 Å². The Morgan fingerprint density at radius 2 is 1.72 bits per heavy atom. The van der Waals surface area contributed by atoms with Crippen LogP contribution in [0, 0.1) is 0 Å². The Balaban J connectivity index is 2.39. The summed E-state index contributed by atoms with van der Waals surface area (Å²) in [4.78, 5) is 0. The first-order valence-corrected chi connectivity index (χ1v) is 9.75. The molecule has 0 N–H and O–H groups in total. The molecule has 0 amide bonds. The highest BCUT2D eigenvalue weighted by molar-refractivity contribution is 6.69. The monoisotopic (exact) mass is 264 g/mol. The quantitative estimate of drug-likeness (QED) is 0.563. The van der Waals surface area contributed by atoms with E-state index in [0.717, 1.165) is 0 Å². The van der Waals surface area contributed by atoms with Crippen molar-refractivity contribution in [3.05, 3.63) is 42.0 Å². The fourth-order valence-electron chi connectivity index (χ4n) is 1.76. The SMILES string of the molecule is CC(C)(OCC=Cc1ccccc1)O[Si](C)(C)C. The molecule has 1 aromatic rings. The van der Waals surface area contributed by atoms with E-state index in [4.69, 9.17) is 9.16 Å². The fraction of sp³-hybridized carbons (Fsp3) is 0.467.